The second-order valence-electron chi connectivity index (χ2n) is 3.62. The van der Waals surface area contributed by atoms with Gasteiger partial charge in [0.15, 0.2) is 6.04 Å². The molecule has 0 aliphatic rings. The van der Waals surface area contributed by atoms with Crippen molar-refractivity contribution in [3.05, 3.63) is 35.4 Å². The summed E-state index contributed by atoms with van der Waals surface area (Å²) in [6.07, 6.45) is -4.51. The first-order chi connectivity index (χ1) is 8.75. The molecule has 0 unspecified atom stereocenters. The number of carbonyl (C=O) groups is 2. The lowest BCUT2D eigenvalue weighted by Crippen LogP contribution is -2.43. The molecule has 1 aromatic rings. The van der Waals surface area contributed by atoms with Gasteiger partial charge < -0.3 is 15.5 Å². The molecular weight excluding hydrogens is 267 g/mol. The van der Waals surface area contributed by atoms with Crippen LogP contribution < -0.4 is 5.32 Å². The fraction of sp³-hybridized carbons (Fsp3) is 0.273. The number of hydrogen-bond donors (Lipinski definition) is 3. The zero-order valence-corrected chi connectivity index (χ0v) is 9.44. The fourth-order valence-electron chi connectivity index (χ4n) is 1.24. The molecule has 0 saturated heterocycles. The smallest absolute Gasteiger partial charge is 0.416 e. The van der Waals surface area contributed by atoms with E-state index in [0.29, 0.717) is 12.1 Å². The number of carboxylic acid groups (broad SMARTS) is 1. The van der Waals surface area contributed by atoms with Gasteiger partial charge in [-0.2, -0.15) is 13.2 Å². The Labute approximate surface area is 105 Å². The average Bonchev–Trinajstić information content (AvgIpc) is 2.34. The standard InChI is InChI=1S/C11H10F3NO4/c12-11(13,14)7-3-1-6(2-4-7)9(17)15-8(5-16)10(18)19/h1-4,8,16H,5H2,(H,15,17)(H,18,19)/t8-/m1/s1. The molecule has 0 bridgehead atoms. The van der Waals surface area contributed by atoms with Crippen LogP contribution in [0.2, 0.25) is 0 Å². The third-order valence-corrected chi connectivity index (χ3v) is 2.26. The van der Waals surface area contributed by atoms with Crippen molar-refractivity contribution < 1.29 is 33.0 Å². The molecule has 1 aromatic carbocycles. The minimum atomic E-state index is -4.51. The SMILES string of the molecule is O=C(N[C@H](CO)C(=O)O)c1ccc(C(F)(F)F)cc1. The van der Waals surface area contributed by atoms with E-state index in [9.17, 15) is 22.8 Å². The molecular formula is C11H10F3NO4. The predicted octanol–water partition coefficient (Wildman–Crippen LogP) is 0.881. The molecule has 0 aliphatic carbocycles. The van der Waals surface area contributed by atoms with E-state index in [4.69, 9.17) is 10.2 Å². The van der Waals surface area contributed by atoms with E-state index in [0.717, 1.165) is 12.1 Å². The highest BCUT2D eigenvalue weighted by atomic mass is 19.4. The number of alkyl halides is 3. The molecule has 104 valence electrons. The molecule has 0 saturated carbocycles. The number of benzene rings is 1. The normalized spacial score (nSPS) is 12.8. The first kappa shape index (κ1) is 15.0. The average molecular weight is 277 g/mol. The Morgan fingerprint density at radius 2 is 1.74 bits per heavy atom. The van der Waals surface area contributed by atoms with Gasteiger partial charge >= 0.3 is 12.1 Å². The molecule has 0 fully saturated rings. The molecule has 8 heteroatoms. The number of rotatable bonds is 4. The van der Waals surface area contributed by atoms with Gasteiger partial charge in [0.1, 0.15) is 0 Å². The van der Waals surface area contributed by atoms with Gasteiger partial charge in [0.25, 0.3) is 5.91 Å². The summed E-state index contributed by atoms with van der Waals surface area (Å²) in [5.41, 5.74) is -1.05. The largest absolute Gasteiger partial charge is 0.480 e. The fourth-order valence-corrected chi connectivity index (χ4v) is 1.24. The highest BCUT2D eigenvalue weighted by Gasteiger charge is 2.30. The van der Waals surface area contributed by atoms with Crippen molar-refractivity contribution >= 4 is 11.9 Å². The Balaban J connectivity index is 2.81. The van der Waals surface area contributed by atoms with Crippen LogP contribution in [0.3, 0.4) is 0 Å². The van der Waals surface area contributed by atoms with Gasteiger partial charge in [-0.05, 0) is 24.3 Å². The number of carboxylic acids is 1. The maximum Gasteiger partial charge on any atom is 0.416 e. The number of aliphatic hydroxyl groups excluding tert-OH is 1. The maximum atomic E-state index is 12.3. The number of halogens is 3. The lowest BCUT2D eigenvalue weighted by atomic mass is 10.1. The number of carbonyl (C=O) groups excluding carboxylic acids is 1. The van der Waals surface area contributed by atoms with Crippen LogP contribution in [0.5, 0.6) is 0 Å². The summed E-state index contributed by atoms with van der Waals surface area (Å²) in [6.45, 7) is -0.818. The van der Waals surface area contributed by atoms with Crippen molar-refractivity contribution in [1.29, 1.82) is 0 Å². The van der Waals surface area contributed by atoms with Crippen LogP contribution in [-0.4, -0.2) is 34.7 Å². The zero-order chi connectivity index (χ0) is 14.6. The molecule has 0 heterocycles. The summed E-state index contributed by atoms with van der Waals surface area (Å²) in [7, 11) is 0. The van der Waals surface area contributed by atoms with Crippen LogP contribution in [0.25, 0.3) is 0 Å². The van der Waals surface area contributed by atoms with Crippen LogP contribution in [0.15, 0.2) is 24.3 Å². The van der Waals surface area contributed by atoms with Crippen molar-refractivity contribution in [2.24, 2.45) is 0 Å². The van der Waals surface area contributed by atoms with Crippen molar-refractivity contribution in [1.82, 2.24) is 5.32 Å². The van der Waals surface area contributed by atoms with E-state index in [1.54, 1.807) is 0 Å². The van der Waals surface area contributed by atoms with Crippen LogP contribution >= 0.6 is 0 Å². The predicted molar refractivity (Wildman–Crippen MR) is 57.4 cm³/mol. The molecule has 0 spiro atoms. The molecule has 0 aromatic heterocycles. The van der Waals surface area contributed by atoms with Gasteiger partial charge in [-0.1, -0.05) is 0 Å². The first-order valence-corrected chi connectivity index (χ1v) is 5.07. The topological polar surface area (TPSA) is 86.6 Å². The lowest BCUT2D eigenvalue weighted by molar-refractivity contribution is -0.140. The summed E-state index contributed by atoms with van der Waals surface area (Å²) >= 11 is 0. The first-order valence-electron chi connectivity index (χ1n) is 5.07. The van der Waals surface area contributed by atoms with E-state index in [-0.39, 0.29) is 5.56 Å². The van der Waals surface area contributed by atoms with Gasteiger partial charge in [0.05, 0.1) is 12.2 Å². The number of hydrogen-bond acceptors (Lipinski definition) is 3. The molecule has 0 aliphatic heterocycles. The van der Waals surface area contributed by atoms with Gasteiger partial charge in [0, 0.05) is 5.56 Å². The Bertz CT molecular complexity index is 470. The van der Waals surface area contributed by atoms with E-state index < -0.39 is 36.3 Å². The molecule has 0 radical (unpaired) electrons. The van der Waals surface area contributed by atoms with Crippen molar-refractivity contribution in [2.75, 3.05) is 6.61 Å². The van der Waals surface area contributed by atoms with E-state index in [1.165, 1.54) is 0 Å². The molecule has 1 atom stereocenters. The number of aliphatic hydroxyl groups is 1. The Morgan fingerprint density at radius 3 is 2.11 bits per heavy atom. The van der Waals surface area contributed by atoms with E-state index in [2.05, 4.69) is 0 Å². The molecule has 1 rings (SSSR count). The number of amides is 1. The second-order valence-corrected chi connectivity index (χ2v) is 3.62. The summed E-state index contributed by atoms with van der Waals surface area (Å²) in [5.74, 6) is -2.32. The maximum absolute atomic E-state index is 12.3. The third-order valence-electron chi connectivity index (χ3n) is 2.26. The Hall–Kier alpha value is -2.09. The van der Waals surface area contributed by atoms with Crippen molar-refractivity contribution in [3.8, 4) is 0 Å². The monoisotopic (exact) mass is 277 g/mol. The van der Waals surface area contributed by atoms with Gasteiger partial charge in [0.2, 0.25) is 0 Å². The lowest BCUT2D eigenvalue weighted by Gasteiger charge is -2.12. The van der Waals surface area contributed by atoms with Crippen molar-refractivity contribution in [3.63, 3.8) is 0 Å². The summed E-state index contributed by atoms with van der Waals surface area (Å²) in [6, 6.07) is 1.77. The third kappa shape index (κ3) is 3.95. The number of nitrogens with one attached hydrogen (secondary N) is 1. The van der Waals surface area contributed by atoms with E-state index >= 15 is 0 Å². The van der Waals surface area contributed by atoms with Gasteiger partial charge in [-0.25, -0.2) is 4.79 Å². The quantitative estimate of drug-likeness (QED) is 0.762. The minimum absolute atomic E-state index is 0.132. The van der Waals surface area contributed by atoms with E-state index in [1.807, 2.05) is 5.32 Å². The Morgan fingerprint density at radius 1 is 1.21 bits per heavy atom. The molecule has 5 nitrogen and oxygen atoms in total. The molecule has 3 N–H and O–H groups in total. The van der Waals surface area contributed by atoms with Crippen LogP contribution in [-0.2, 0) is 11.0 Å². The zero-order valence-electron chi connectivity index (χ0n) is 9.44. The highest BCUT2D eigenvalue weighted by Crippen LogP contribution is 2.29. The second kappa shape index (κ2) is 5.70. The highest BCUT2D eigenvalue weighted by molar-refractivity contribution is 5.96. The van der Waals surface area contributed by atoms with Crippen LogP contribution in [0.1, 0.15) is 15.9 Å². The van der Waals surface area contributed by atoms with Crippen LogP contribution in [0.4, 0.5) is 13.2 Å². The summed E-state index contributed by atoms with van der Waals surface area (Å²) < 4.78 is 36.8. The summed E-state index contributed by atoms with van der Waals surface area (Å²) in [5, 5.41) is 19.3. The minimum Gasteiger partial charge on any atom is -0.480 e. The summed E-state index contributed by atoms with van der Waals surface area (Å²) in [4.78, 5) is 22.1. The molecule has 19 heavy (non-hydrogen) atoms. The van der Waals surface area contributed by atoms with Crippen LogP contribution in [0, 0.1) is 0 Å². The van der Waals surface area contributed by atoms with Crippen molar-refractivity contribution in [2.45, 2.75) is 12.2 Å². The number of aliphatic carboxylic acids is 1. The molecule has 1 amide bonds. The van der Waals surface area contributed by atoms with Gasteiger partial charge in [-0.15, -0.1) is 0 Å². The Kier molecular flexibility index (Phi) is 4.49. The van der Waals surface area contributed by atoms with Gasteiger partial charge in [-0.3, -0.25) is 4.79 Å².